The highest BCUT2D eigenvalue weighted by Crippen LogP contribution is 2.22. The van der Waals surface area contributed by atoms with E-state index in [1.54, 1.807) is 19.2 Å². The maximum absolute atomic E-state index is 12.4. The van der Waals surface area contributed by atoms with Gasteiger partial charge >= 0.3 is 0 Å². The average molecular weight is 295 g/mol. The van der Waals surface area contributed by atoms with Gasteiger partial charge in [0.05, 0.1) is 7.11 Å². The van der Waals surface area contributed by atoms with E-state index in [1.165, 1.54) is 0 Å². The number of rotatable bonds is 3. The third-order valence-electron chi connectivity index (χ3n) is 3.95. The first-order valence-corrected chi connectivity index (χ1v) is 7.42. The van der Waals surface area contributed by atoms with Gasteiger partial charge in [-0.15, -0.1) is 0 Å². The van der Waals surface area contributed by atoms with Gasteiger partial charge in [-0.05, 0) is 30.3 Å². The van der Waals surface area contributed by atoms with Crippen LogP contribution in [-0.4, -0.2) is 44.1 Å². The Morgan fingerprint density at radius 2 is 1.82 bits per heavy atom. The number of anilines is 1. The van der Waals surface area contributed by atoms with Crippen molar-refractivity contribution in [3.05, 3.63) is 60.2 Å². The lowest BCUT2D eigenvalue weighted by atomic mass is 10.1. The van der Waals surface area contributed by atoms with Gasteiger partial charge in [-0.25, -0.2) is 0 Å². The maximum atomic E-state index is 12.4. The second-order valence-corrected chi connectivity index (χ2v) is 5.27. The number of piperazine rings is 1. The summed E-state index contributed by atoms with van der Waals surface area (Å²) < 4.78 is 5.27. The largest absolute Gasteiger partial charge is 0.497 e. The molecule has 0 unspecified atom stereocenters. The van der Waals surface area contributed by atoms with Gasteiger partial charge in [0.2, 0.25) is 0 Å². The van der Waals surface area contributed by atoms with Gasteiger partial charge in [0.15, 0.2) is 0 Å². The van der Waals surface area contributed by atoms with Gasteiger partial charge in [0.1, 0.15) is 5.75 Å². The van der Waals surface area contributed by atoms with Crippen molar-refractivity contribution in [3.8, 4) is 5.75 Å². The summed E-state index contributed by atoms with van der Waals surface area (Å²) >= 11 is 0. The average Bonchev–Trinajstić information content (AvgIpc) is 2.62. The third-order valence-corrected chi connectivity index (χ3v) is 3.95. The molecule has 1 aliphatic rings. The molecule has 1 radical (unpaired) electrons. The van der Waals surface area contributed by atoms with Crippen molar-refractivity contribution in [2.24, 2.45) is 0 Å². The fourth-order valence-corrected chi connectivity index (χ4v) is 2.69. The summed E-state index contributed by atoms with van der Waals surface area (Å²) in [5.74, 6) is 0.954. The maximum Gasteiger partial charge on any atom is 0.253 e. The van der Waals surface area contributed by atoms with Crippen LogP contribution in [0.1, 0.15) is 10.4 Å². The van der Waals surface area contributed by atoms with Crippen molar-refractivity contribution in [3.63, 3.8) is 0 Å². The van der Waals surface area contributed by atoms with Crippen molar-refractivity contribution < 1.29 is 9.53 Å². The first-order chi connectivity index (χ1) is 10.8. The molecule has 4 heteroatoms. The van der Waals surface area contributed by atoms with Gasteiger partial charge in [-0.1, -0.05) is 18.2 Å². The Bertz CT molecular complexity index is 635. The Kier molecular flexibility index (Phi) is 4.28. The molecule has 1 aliphatic heterocycles. The fraction of sp³-hybridized carbons (Fsp3) is 0.278. The molecule has 2 aromatic rings. The molecule has 0 aromatic heterocycles. The predicted octanol–water partition coefficient (Wildman–Crippen LogP) is 2.46. The molecule has 0 atom stereocenters. The lowest BCUT2D eigenvalue weighted by Crippen LogP contribution is -2.48. The zero-order chi connectivity index (χ0) is 15.4. The van der Waals surface area contributed by atoms with Crippen LogP contribution in [0.15, 0.2) is 48.5 Å². The highest BCUT2D eigenvalue weighted by atomic mass is 16.5. The van der Waals surface area contributed by atoms with Crippen molar-refractivity contribution in [1.82, 2.24) is 4.90 Å². The monoisotopic (exact) mass is 295 g/mol. The van der Waals surface area contributed by atoms with Crippen LogP contribution in [0.25, 0.3) is 0 Å². The highest BCUT2D eigenvalue weighted by Gasteiger charge is 2.22. The quantitative estimate of drug-likeness (QED) is 0.872. The van der Waals surface area contributed by atoms with Gasteiger partial charge < -0.3 is 14.5 Å². The van der Waals surface area contributed by atoms with Crippen LogP contribution in [0.5, 0.6) is 5.75 Å². The van der Waals surface area contributed by atoms with Crippen molar-refractivity contribution in [2.75, 3.05) is 38.2 Å². The summed E-state index contributed by atoms with van der Waals surface area (Å²) in [6.45, 7) is 3.12. The second-order valence-electron chi connectivity index (χ2n) is 5.27. The SMILES string of the molecule is COc1cccc(N2CCN(C(=O)c3cc[c]cc3)CC2)c1. The third kappa shape index (κ3) is 3.06. The summed E-state index contributed by atoms with van der Waals surface area (Å²) in [6.07, 6.45) is 0. The molecule has 22 heavy (non-hydrogen) atoms. The van der Waals surface area contributed by atoms with E-state index in [4.69, 9.17) is 4.74 Å². The summed E-state index contributed by atoms with van der Waals surface area (Å²) in [5.41, 5.74) is 1.87. The molecular formula is C18H19N2O2. The molecule has 1 fully saturated rings. The first kappa shape index (κ1) is 14.4. The lowest BCUT2D eigenvalue weighted by molar-refractivity contribution is 0.0747. The number of benzene rings is 2. The first-order valence-electron chi connectivity index (χ1n) is 7.42. The summed E-state index contributed by atoms with van der Waals surface area (Å²) in [4.78, 5) is 16.6. The molecule has 1 saturated heterocycles. The smallest absolute Gasteiger partial charge is 0.253 e. The van der Waals surface area contributed by atoms with E-state index in [2.05, 4.69) is 17.0 Å². The highest BCUT2D eigenvalue weighted by molar-refractivity contribution is 5.94. The minimum absolute atomic E-state index is 0.0966. The van der Waals surface area contributed by atoms with Gasteiger partial charge in [-0.3, -0.25) is 4.79 Å². The molecule has 0 bridgehead atoms. The fourth-order valence-electron chi connectivity index (χ4n) is 2.69. The predicted molar refractivity (Wildman–Crippen MR) is 86.4 cm³/mol. The minimum Gasteiger partial charge on any atom is -0.497 e. The van der Waals surface area contributed by atoms with E-state index in [1.807, 2.05) is 35.2 Å². The number of ether oxygens (including phenoxy) is 1. The van der Waals surface area contributed by atoms with Crippen molar-refractivity contribution in [2.45, 2.75) is 0 Å². The summed E-state index contributed by atoms with van der Waals surface area (Å²) in [6, 6.07) is 18.2. The molecule has 0 saturated carbocycles. The normalized spacial score (nSPS) is 14.8. The number of hydrogen-bond donors (Lipinski definition) is 0. The van der Waals surface area contributed by atoms with Crippen LogP contribution in [-0.2, 0) is 0 Å². The van der Waals surface area contributed by atoms with Gasteiger partial charge in [0, 0.05) is 43.5 Å². The van der Waals surface area contributed by atoms with Gasteiger partial charge in [-0.2, -0.15) is 0 Å². The molecule has 1 amide bonds. The van der Waals surface area contributed by atoms with E-state index >= 15 is 0 Å². The van der Waals surface area contributed by atoms with Crippen LogP contribution in [0, 0.1) is 6.07 Å². The van der Waals surface area contributed by atoms with Crippen molar-refractivity contribution in [1.29, 1.82) is 0 Å². The van der Waals surface area contributed by atoms with Crippen LogP contribution >= 0.6 is 0 Å². The minimum atomic E-state index is 0.0966. The number of amides is 1. The van der Waals surface area contributed by atoms with Gasteiger partial charge in [0.25, 0.3) is 5.91 Å². The van der Waals surface area contributed by atoms with E-state index < -0.39 is 0 Å². The van der Waals surface area contributed by atoms with Crippen LogP contribution in [0.4, 0.5) is 5.69 Å². The number of carbonyl (C=O) groups excluding carboxylic acids is 1. The Labute approximate surface area is 130 Å². The number of hydrogen-bond acceptors (Lipinski definition) is 3. The Hall–Kier alpha value is -2.49. The topological polar surface area (TPSA) is 32.8 Å². The number of methoxy groups -OCH3 is 1. The molecule has 2 aromatic carbocycles. The van der Waals surface area contributed by atoms with E-state index in [0.29, 0.717) is 0 Å². The van der Waals surface area contributed by atoms with Crippen molar-refractivity contribution >= 4 is 11.6 Å². The molecule has 1 heterocycles. The van der Waals surface area contributed by atoms with E-state index in [0.717, 1.165) is 43.2 Å². The van der Waals surface area contributed by atoms with Crippen LogP contribution < -0.4 is 9.64 Å². The molecule has 0 aliphatic carbocycles. The van der Waals surface area contributed by atoms with Crippen LogP contribution in [0.3, 0.4) is 0 Å². The Morgan fingerprint density at radius 1 is 1.09 bits per heavy atom. The lowest BCUT2D eigenvalue weighted by Gasteiger charge is -2.36. The molecule has 0 N–H and O–H groups in total. The van der Waals surface area contributed by atoms with E-state index in [-0.39, 0.29) is 5.91 Å². The number of nitrogens with zero attached hydrogens (tertiary/aromatic N) is 2. The molecule has 3 rings (SSSR count). The Balaban J connectivity index is 1.64. The molecule has 4 nitrogen and oxygen atoms in total. The van der Waals surface area contributed by atoms with Crippen LogP contribution in [0.2, 0.25) is 0 Å². The summed E-state index contributed by atoms with van der Waals surface area (Å²) in [7, 11) is 1.67. The molecule has 0 spiro atoms. The standard InChI is InChI=1S/C18H19N2O2/c1-22-17-9-5-8-16(14-17)19-10-12-20(13-11-19)18(21)15-6-3-2-4-7-15/h3-9,14H,10-13H2,1H3. The molecular weight excluding hydrogens is 276 g/mol. The molecule has 113 valence electrons. The second kappa shape index (κ2) is 6.52. The Morgan fingerprint density at radius 3 is 2.50 bits per heavy atom. The zero-order valence-electron chi connectivity index (χ0n) is 12.7. The van der Waals surface area contributed by atoms with E-state index in [9.17, 15) is 4.79 Å². The zero-order valence-corrected chi connectivity index (χ0v) is 12.7. The summed E-state index contributed by atoms with van der Waals surface area (Å²) in [5, 5.41) is 0. The number of carbonyl (C=O) groups is 1.